The van der Waals surface area contributed by atoms with E-state index < -0.39 is 0 Å². The molecule has 1 aromatic heterocycles. The van der Waals surface area contributed by atoms with Gasteiger partial charge in [-0.15, -0.1) is 0 Å². The lowest BCUT2D eigenvalue weighted by Gasteiger charge is -2.33. The Morgan fingerprint density at radius 3 is 1.12 bits per heavy atom. The van der Waals surface area contributed by atoms with Crippen LogP contribution in [-0.2, 0) is 36.8 Å². The van der Waals surface area contributed by atoms with Crippen LogP contribution in [0.15, 0.2) is 54.6 Å². The Hall–Kier alpha value is -2.81. The predicted molar refractivity (Wildman–Crippen MR) is 148 cm³/mol. The fourth-order valence-corrected chi connectivity index (χ4v) is 4.69. The predicted octanol–water partition coefficient (Wildman–Crippen LogP) is 8.03. The summed E-state index contributed by atoms with van der Waals surface area (Å²) in [5.74, 6) is 0. The number of anilines is 2. The SMILES string of the molecule is CCc1cccc(CC)c1NC(C)(C)c1cccc(C(C)(C)Nc2c(CC)cccc2CC)n1. The van der Waals surface area contributed by atoms with Crippen LogP contribution in [0.4, 0.5) is 11.4 Å². The molecule has 3 nitrogen and oxygen atoms in total. The van der Waals surface area contributed by atoms with Crippen molar-refractivity contribution in [3.8, 4) is 0 Å². The van der Waals surface area contributed by atoms with E-state index in [0.29, 0.717) is 0 Å². The minimum atomic E-state index is -0.308. The number of pyridine rings is 1. The fourth-order valence-electron chi connectivity index (χ4n) is 4.69. The molecule has 3 aromatic rings. The van der Waals surface area contributed by atoms with Gasteiger partial charge in [0, 0.05) is 11.4 Å². The third-order valence-electron chi connectivity index (χ3n) is 6.90. The van der Waals surface area contributed by atoms with Crippen molar-refractivity contribution in [2.45, 2.75) is 92.2 Å². The smallest absolute Gasteiger partial charge is 0.0739 e. The highest BCUT2D eigenvalue weighted by Crippen LogP contribution is 2.33. The zero-order valence-electron chi connectivity index (χ0n) is 22.5. The molecule has 3 rings (SSSR count). The Morgan fingerprint density at radius 1 is 0.529 bits per heavy atom. The van der Waals surface area contributed by atoms with Crippen LogP contribution >= 0.6 is 0 Å². The molecule has 0 unspecified atom stereocenters. The molecular formula is C31H43N3. The second kappa shape index (κ2) is 10.6. The molecule has 0 atom stereocenters. The van der Waals surface area contributed by atoms with Gasteiger partial charge in [-0.2, -0.15) is 0 Å². The lowest BCUT2D eigenvalue weighted by molar-refractivity contribution is 0.547. The van der Waals surface area contributed by atoms with Crippen molar-refractivity contribution in [1.82, 2.24) is 4.98 Å². The van der Waals surface area contributed by atoms with E-state index in [-0.39, 0.29) is 11.1 Å². The van der Waals surface area contributed by atoms with Gasteiger partial charge in [-0.1, -0.05) is 70.2 Å². The fraction of sp³-hybridized carbons (Fsp3) is 0.452. The molecule has 34 heavy (non-hydrogen) atoms. The highest BCUT2D eigenvalue weighted by Gasteiger charge is 2.28. The largest absolute Gasteiger partial charge is 0.374 e. The Kier molecular flexibility index (Phi) is 8.07. The van der Waals surface area contributed by atoms with E-state index in [1.807, 2.05) is 0 Å². The van der Waals surface area contributed by atoms with Gasteiger partial charge < -0.3 is 10.6 Å². The molecule has 0 aliphatic heterocycles. The van der Waals surface area contributed by atoms with Crippen molar-refractivity contribution >= 4 is 11.4 Å². The molecule has 0 saturated carbocycles. The molecule has 2 aromatic carbocycles. The second-order valence-electron chi connectivity index (χ2n) is 10.2. The van der Waals surface area contributed by atoms with Crippen LogP contribution in [0.25, 0.3) is 0 Å². The van der Waals surface area contributed by atoms with Crippen LogP contribution in [0, 0.1) is 0 Å². The number of hydrogen-bond acceptors (Lipinski definition) is 3. The number of hydrogen-bond donors (Lipinski definition) is 2. The van der Waals surface area contributed by atoms with Gasteiger partial charge in [0.05, 0.1) is 22.5 Å². The average molecular weight is 458 g/mol. The maximum absolute atomic E-state index is 5.21. The summed E-state index contributed by atoms with van der Waals surface area (Å²) in [6, 6.07) is 19.7. The number of para-hydroxylation sites is 2. The third-order valence-corrected chi connectivity index (χ3v) is 6.90. The summed E-state index contributed by atoms with van der Waals surface area (Å²) in [5, 5.41) is 7.71. The average Bonchev–Trinajstić information content (AvgIpc) is 2.84. The van der Waals surface area contributed by atoms with Crippen LogP contribution in [0.2, 0.25) is 0 Å². The molecule has 0 amide bonds. The van der Waals surface area contributed by atoms with E-state index in [4.69, 9.17) is 4.98 Å². The Morgan fingerprint density at radius 2 is 0.824 bits per heavy atom. The first-order valence-electron chi connectivity index (χ1n) is 12.9. The Bertz CT molecular complexity index is 982. The number of nitrogens with zero attached hydrogens (tertiary/aromatic N) is 1. The monoisotopic (exact) mass is 457 g/mol. The van der Waals surface area contributed by atoms with Crippen LogP contribution in [0.3, 0.4) is 0 Å². The lowest BCUT2D eigenvalue weighted by atomic mass is 9.92. The van der Waals surface area contributed by atoms with E-state index in [9.17, 15) is 0 Å². The summed E-state index contributed by atoms with van der Waals surface area (Å²) in [7, 11) is 0. The maximum Gasteiger partial charge on any atom is 0.0739 e. The number of nitrogens with one attached hydrogen (secondary N) is 2. The van der Waals surface area contributed by atoms with E-state index in [1.54, 1.807) is 0 Å². The Balaban J connectivity index is 1.96. The number of aryl methyl sites for hydroxylation is 4. The van der Waals surface area contributed by atoms with Crippen molar-refractivity contribution in [3.05, 3.63) is 88.2 Å². The molecule has 0 radical (unpaired) electrons. The standard InChI is InChI=1S/C31H43N3/c1-9-22-16-13-17-23(10-2)28(22)33-30(5,6)26-20-15-21-27(32-26)31(7,8)34-29-24(11-3)18-14-19-25(29)12-4/h13-21,33-34H,9-12H2,1-8H3. The number of aromatic nitrogens is 1. The van der Waals surface area contributed by atoms with Gasteiger partial charge in [-0.25, -0.2) is 0 Å². The van der Waals surface area contributed by atoms with Crippen molar-refractivity contribution in [2.24, 2.45) is 0 Å². The van der Waals surface area contributed by atoms with E-state index in [2.05, 4.69) is 121 Å². The van der Waals surface area contributed by atoms with Crippen LogP contribution < -0.4 is 10.6 Å². The molecule has 3 heteroatoms. The van der Waals surface area contributed by atoms with Gasteiger partial charge in [-0.3, -0.25) is 4.98 Å². The van der Waals surface area contributed by atoms with Crippen molar-refractivity contribution in [2.75, 3.05) is 10.6 Å². The van der Waals surface area contributed by atoms with E-state index in [0.717, 1.165) is 37.1 Å². The summed E-state index contributed by atoms with van der Waals surface area (Å²) in [5.41, 5.74) is 9.41. The number of rotatable bonds is 10. The zero-order valence-corrected chi connectivity index (χ0v) is 22.5. The van der Waals surface area contributed by atoms with Gasteiger partial charge in [0.1, 0.15) is 0 Å². The maximum atomic E-state index is 5.21. The Labute approximate surface area is 207 Å². The molecule has 0 fully saturated rings. The first-order valence-corrected chi connectivity index (χ1v) is 12.9. The molecule has 0 saturated heterocycles. The summed E-state index contributed by atoms with van der Waals surface area (Å²) < 4.78 is 0. The van der Waals surface area contributed by atoms with Gasteiger partial charge in [0.2, 0.25) is 0 Å². The molecule has 0 bridgehead atoms. The summed E-state index contributed by atoms with van der Waals surface area (Å²) >= 11 is 0. The summed E-state index contributed by atoms with van der Waals surface area (Å²) in [6.07, 6.45) is 4.03. The molecule has 0 spiro atoms. The number of benzene rings is 2. The molecule has 0 aliphatic rings. The van der Waals surface area contributed by atoms with Gasteiger partial charge in [0.25, 0.3) is 0 Å². The first kappa shape index (κ1) is 25.8. The van der Waals surface area contributed by atoms with E-state index in [1.165, 1.54) is 33.6 Å². The minimum absolute atomic E-state index is 0.308. The van der Waals surface area contributed by atoms with Crippen LogP contribution in [0.5, 0.6) is 0 Å². The third kappa shape index (κ3) is 5.46. The summed E-state index contributed by atoms with van der Waals surface area (Å²) in [6.45, 7) is 17.8. The highest BCUT2D eigenvalue weighted by atomic mass is 15.0. The molecule has 2 N–H and O–H groups in total. The molecule has 182 valence electrons. The van der Waals surface area contributed by atoms with Gasteiger partial charge >= 0.3 is 0 Å². The highest BCUT2D eigenvalue weighted by molar-refractivity contribution is 5.61. The molecule has 1 heterocycles. The van der Waals surface area contributed by atoms with Crippen molar-refractivity contribution < 1.29 is 0 Å². The quantitative estimate of drug-likeness (QED) is 0.323. The van der Waals surface area contributed by atoms with E-state index >= 15 is 0 Å². The molecular weight excluding hydrogens is 414 g/mol. The molecule has 0 aliphatic carbocycles. The van der Waals surface area contributed by atoms with Crippen LogP contribution in [-0.4, -0.2) is 4.98 Å². The van der Waals surface area contributed by atoms with Gasteiger partial charge in [0.15, 0.2) is 0 Å². The first-order chi connectivity index (χ1) is 16.2. The van der Waals surface area contributed by atoms with Crippen molar-refractivity contribution in [1.29, 1.82) is 0 Å². The van der Waals surface area contributed by atoms with Crippen LogP contribution in [0.1, 0.15) is 89.0 Å². The minimum Gasteiger partial charge on any atom is -0.374 e. The van der Waals surface area contributed by atoms with Gasteiger partial charge in [-0.05, 0) is 87.8 Å². The zero-order chi connectivity index (χ0) is 24.9. The lowest BCUT2D eigenvalue weighted by Crippen LogP contribution is -2.34. The van der Waals surface area contributed by atoms with Crippen molar-refractivity contribution in [3.63, 3.8) is 0 Å². The second-order valence-corrected chi connectivity index (χ2v) is 10.2. The normalized spacial score (nSPS) is 12.0. The topological polar surface area (TPSA) is 37.0 Å². The summed E-state index contributed by atoms with van der Waals surface area (Å²) in [4.78, 5) is 5.21.